The summed E-state index contributed by atoms with van der Waals surface area (Å²) in [5.41, 5.74) is -0.525. The Kier molecular flexibility index (Phi) is 3.62. The third-order valence-corrected chi connectivity index (χ3v) is 2.01. The Balaban J connectivity index is 2.68. The molecule has 0 saturated heterocycles. The Morgan fingerprint density at radius 3 is 2.14 bits per heavy atom. The predicted molar refractivity (Wildman–Crippen MR) is 60.1 cm³/mol. The molecular formula is C10H12Cl2FN. The van der Waals surface area contributed by atoms with Crippen molar-refractivity contribution in [3.63, 3.8) is 0 Å². The summed E-state index contributed by atoms with van der Waals surface area (Å²) in [5.74, 6) is 0. The molecule has 0 aliphatic heterocycles. The molecule has 0 radical (unpaired) electrons. The van der Waals surface area contributed by atoms with Crippen molar-refractivity contribution in [3.8, 4) is 0 Å². The normalized spacial score (nSPS) is 11.5. The summed E-state index contributed by atoms with van der Waals surface area (Å²) >= 11 is 11.6. The molecule has 0 heterocycles. The fraction of sp³-hybridized carbons (Fsp3) is 0.400. The van der Waals surface area contributed by atoms with Gasteiger partial charge in [-0.3, -0.25) is 0 Å². The third-order valence-electron chi connectivity index (χ3n) is 1.58. The van der Waals surface area contributed by atoms with Gasteiger partial charge in [0.15, 0.2) is 0 Å². The summed E-state index contributed by atoms with van der Waals surface area (Å²) in [6.45, 7) is 3.24. The van der Waals surface area contributed by atoms with Gasteiger partial charge in [0.1, 0.15) is 5.67 Å². The van der Waals surface area contributed by atoms with Gasteiger partial charge in [-0.2, -0.15) is 0 Å². The number of hydrogen-bond donors (Lipinski definition) is 1. The lowest BCUT2D eigenvalue weighted by molar-refractivity contribution is 0.235. The fourth-order valence-electron chi connectivity index (χ4n) is 0.968. The number of alkyl halides is 1. The fourth-order valence-corrected chi connectivity index (χ4v) is 1.49. The van der Waals surface area contributed by atoms with Crippen LogP contribution in [0.3, 0.4) is 0 Å². The van der Waals surface area contributed by atoms with E-state index in [1.165, 1.54) is 13.8 Å². The molecule has 1 rings (SSSR count). The second-order valence-electron chi connectivity index (χ2n) is 3.73. The first-order chi connectivity index (χ1) is 6.37. The lowest BCUT2D eigenvalue weighted by Crippen LogP contribution is -2.24. The minimum absolute atomic E-state index is 0.226. The molecule has 0 unspecified atom stereocenters. The summed E-state index contributed by atoms with van der Waals surface area (Å²) in [7, 11) is 0. The smallest absolute Gasteiger partial charge is 0.122 e. The highest BCUT2D eigenvalue weighted by Gasteiger charge is 2.14. The summed E-state index contributed by atoms with van der Waals surface area (Å²) in [6, 6.07) is 5.05. The standard InChI is InChI=1S/C10H12Cl2FN/c1-10(2,13)6-14-9-4-7(11)3-8(12)5-9/h3-5,14H,6H2,1-2H3. The van der Waals surface area contributed by atoms with Crippen molar-refractivity contribution in [2.24, 2.45) is 0 Å². The summed E-state index contributed by atoms with van der Waals surface area (Å²) < 4.78 is 13.1. The van der Waals surface area contributed by atoms with Crippen LogP contribution in [0.4, 0.5) is 10.1 Å². The van der Waals surface area contributed by atoms with Gasteiger partial charge in [0.25, 0.3) is 0 Å². The molecule has 0 aliphatic rings. The number of benzene rings is 1. The molecule has 0 aliphatic carbocycles. The minimum Gasteiger partial charge on any atom is -0.382 e. The molecule has 0 fully saturated rings. The van der Waals surface area contributed by atoms with Crippen molar-refractivity contribution in [1.29, 1.82) is 0 Å². The molecule has 0 aromatic heterocycles. The number of rotatable bonds is 3. The molecule has 0 atom stereocenters. The molecule has 14 heavy (non-hydrogen) atoms. The molecule has 0 spiro atoms. The van der Waals surface area contributed by atoms with Crippen LogP contribution in [-0.2, 0) is 0 Å². The van der Waals surface area contributed by atoms with E-state index in [2.05, 4.69) is 5.32 Å². The third kappa shape index (κ3) is 4.16. The van der Waals surface area contributed by atoms with Crippen LogP contribution in [0.2, 0.25) is 10.0 Å². The highest BCUT2D eigenvalue weighted by Crippen LogP contribution is 2.23. The van der Waals surface area contributed by atoms with Gasteiger partial charge in [-0.1, -0.05) is 23.2 Å². The van der Waals surface area contributed by atoms with E-state index in [-0.39, 0.29) is 6.54 Å². The van der Waals surface area contributed by atoms with Gasteiger partial charge < -0.3 is 5.32 Å². The van der Waals surface area contributed by atoms with Crippen molar-refractivity contribution in [1.82, 2.24) is 0 Å². The molecule has 0 bridgehead atoms. The van der Waals surface area contributed by atoms with Crippen molar-refractivity contribution in [2.45, 2.75) is 19.5 Å². The quantitative estimate of drug-likeness (QED) is 0.831. The van der Waals surface area contributed by atoms with Crippen LogP contribution in [-0.4, -0.2) is 12.2 Å². The molecular weight excluding hydrogens is 224 g/mol. The Labute approximate surface area is 93.2 Å². The predicted octanol–water partition coefficient (Wildman–Crippen LogP) is 4.15. The maximum atomic E-state index is 13.1. The SMILES string of the molecule is CC(C)(F)CNc1cc(Cl)cc(Cl)c1. The lowest BCUT2D eigenvalue weighted by Gasteiger charge is -2.16. The Hall–Kier alpha value is -0.470. The average Bonchev–Trinajstić information content (AvgIpc) is 1.97. The first-order valence-corrected chi connectivity index (χ1v) is 5.01. The Bertz CT molecular complexity index is 300. The van der Waals surface area contributed by atoms with Crippen molar-refractivity contribution < 1.29 is 4.39 Å². The molecule has 78 valence electrons. The molecule has 0 amide bonds. The van der Waals surface area contributed by atoms with E-state index in [4.69, 9.17) is 23.2 Å². The van der Waals surface area contributed by atoms with Crippen molar-refractivity contribution in [3.05, 3.63) is 28.2 Å². The average molecular weight is 236 g/mol. The van der Waals surface area contributed by atoms with Gasteiger partial charge in [-0.25, -0.2) is 4.39 Å². The summed E-state index contributed by atoms with van der Waals surface area (Å²) in [4.78, 5) is 0. The zero-order valence-electron chi connectivity index (χ0n) is 8.07. The molecule has 1 aromatic carbocycles. The second kappa shape index (κ2) is 4.37. The van der Waals surface area contributed by atoms with Gasteiger partial charge in [0.2, 0.25) is 0 Å². The molecule has 1 nitrogen and oxygen atoms in total. The van der Waals surface area contributed by atoms with Gasteiger partial charge in [0.05, 0.1) is 0 Å². The number of nitrogens with one attached hydrogen (secondary N) is 1. The van der Waals surface area contributed by atoms with Crippen LogP contribution in [0.25, 0.3) is 0 Å². The van der Waals surface area contributed by atoms with Gasteiger partial charge in [0, 0.05) is 22.3 Å². The zero-order chi connectivity index (χ0) is 10.8. The van der Waals surface area contributed by atoms with Crippen LogP contribution in [0.15, 0.2) is 18.2 Å². The highest BCUT2D eigenvalue weighted by molar-refractivity contribution is 6.35. The van der Waals surface area contributed by atoms with Crippen molar-refractivity contribution in [2.75, 3.05) is 11.9 Å². The summed E-state index contributed by atoms with van der Waals surface area (Å²) in [6.07, 6.45) is 0. The van der Waals surface area contributed by atoms with Crippen LogP contribution in [0.1, 0.15) is 13.8 Å². The minimum atomic E-state index is -1.26. The van der Waals surface area contributed by atoms with E-state index < -0.39 is 5.67 Å². The van der Waals surface area contributed by atoms with Gasteiger partial charge >= 0.3 is 0 Å². The van der Waals surface area contributed by atoms with E-state index in [0.717, 1.165) is 5.69 Å². The van der Waals surface area contributed by atoms with Crippen LogP contribution < -0.4 is 5.32 Å². The van der Waals surface area contributed by atoms with Crippen LogP contribution >= 0.6 is 23.2 Å². The monoisotopic (exact) mass is 235 g/mol. The maximum Gasteiger partial charge on any atom is 0.122 e. The lowest BCUT2D eigenvalue weighted by atomic mass is 10.1. The largest absolute Gasteiger partial charge is 0.382 e. The molecule has 1 N–H and O–H groups in total. The highest BCUT2D eigenvalue weighted by atomic mass is 35.5. The van der Waals surface area contributed by atoms with Crippen molar-refractivity contribution >= 4 is 28.9 Å². The van der Waals surface area contributed by atoms with E-state index in [1.54, 1.807) is 18.2 Å². The van der Waals surface area contributed by atoms with E-state index >= 15 is 0 Å². The number of hydrogen-bond acceptors (Lipinski definition) is 1. The van der Waals surface area contributed by atoms with E-state index in [0.29, 0.717) is 10.0 Å². The molecule has 4 heteroatoms. The first-order valence-electron chi connectivity index (χ1n) is 4.26. The topological polar surface area (TPSA) is 12.0 Å². The summed E-state index contributed by atoms with van der Waals surface area (Å²) in [5, 5.41) is 4.00. The number of halogens is 3. The molecule has 0 saturated carbocycles. The Morgan fingerprint density at radius 1 is 1.21 bits per heavy atom. The number of anilines is 1. The molecule has 1 aromatic rings. The van der Waals surface area contributed by atoms with E-state index in [9.17, 15) is 4.39 Å². The van der Waals surface area contributed by atoms with E-state index in [1.807, 2.05) is 0 Å². The zero-order valence-corrected chi connectivity index (χ0v) is 9.58. The van der Waals surface area contributed by atoms with Gasteiger partial charge in [-0.05, 0) is 32.0 Å². The second-order valence-corrected chi connectivity index (χ2v) is 4.60. The van der Waals surface area contributed by atoms with Crippen LogP contribution in [0.5, 0.6) is 0 Å². The Morgan fingerprint density at radius 2 is 1.71 bits per heavy atom. The van der Waals surface area contributed by atoms with Gasteiger partial charge in [-0.15, -0.1) is 0 Å². The maximum absolute atomic E-state index is 13.1. The van der Waals surface area contributed by atoms with Crippen LogP contribution in [0, 0.1) is 0 Å². The first kappa shape index (κ1) is 11.6.